The maximum atomic E-state index is 11.2. The Morgan fingerprint density at radius 3 is 2.73 bits per heavy atom. The van der Waals surface area contributed by atoms with Gasteiger partial charge in [0.25, 0.3) is 0 Å². The van der Waals surface area contributed by atoms with E-state index in [0.29, 0.717) is 12.3 Å². The highest BCUT2D eigenvalue weighted by atomic mass is 16.5. The summed E-state index contributed by atoms with van der Waals surface area (Å²) in [6.07, 6.45) is 4.60. The zero-order chi connectivity index (χ0) is 16.4. The fraction of sp³-hybridized carbons (Fsp3) is 0.667. The molecule has 1 rings (SSSR count). The molecule has 0 fully saturated rings. The molecule has 4 heteroatoms. The number of carbonyl (C=O) groups is 1. The Labute approximate surface area is 134 Å². The topological polar surface area (TPSA) is 51.2 Å². The van der Waals surface area contributed by atoms with E-state index in [2.05, 4.69) is 35.8 Å². The van der Waals surface area contributed by atoms with Crippen LogP contribution in [-0.4, -0.2) is 24.6 Å². The highest BCUT2D eigenvalue weighted by Gasteiger charge is 2.09. The summed E-state index contributed by atoms with van der Waals surface area (Å²) in [5.74, 6) is 1.97. The normalized spacial score (nSPS) is 12.2. The highest BCUT2D eigenvalue weighted by Crippen LogP contribution is 2.14. The van der Waals surface area contributed by atoms with Crippen molar-refractivity contribution in [1.29, 1.82) is 0 Å². The Morgan fingerprint density at radius 1 is 1.27 bits per heavy atom. The molecule has 0 amide bonds. The van der Waals surface area contributed by atoms with Crippen LogP contribution in [0, 0.1) is 11.8 Å². The Morgan fingerprint density at radius 2 is 2.05 bits per heavy atom. The third kappa shape index (κ3) is 8.01. The van der Waals surface area contributed by atoms with Crippen LogP contribution in [0.25, 0.3) is 0 Å². The molecule has 22 heavy (non-hydrogen) atoms. The van der Waals surface area contributed by atoms with Gasteiger partial charge in [0.1, 0.15) is 5.82 Å². The average molecular weight is 306 g/mol. The Hall–Kier alpha value is -1.58. The van der Waals surface area contributed by atoms with Crippen molar-refractivity contribution in [2.45, 2.75) is 52.9 Å². The minimum Gasteiger partial charge on any atom is -0.469 e. The second-order valence-electron chi connectivity index (χ2n) is 6.40. The number of aromatic nitrogens is 1. The smallest absolute Gasteiger partial charge is 0.305 e. The number of esters is 1. The number of nitrogens with one attached hydrogen (secondary N) is 1. The summed E-state index contributed by atoms with van der Waals surface area (Å²) >= 11 is 0. The van der Waals surface area contributed by atoms with Gasteiger partial charge in [-0.1, -0.05) is 26.8 Å². The summed E-state index contributed by atoms with van der Waals surface area (Å²) in [4.78, 5) is 15.8. The highest BCUT2D eigenvalue weighted by molar-refractivity contribution is 5.69. The third-order valence-electron chi connectivity index (χ3n) is 3.70. The van der Waals surface area contributed by atoms with Crippen molar-refractivity contribution in [3.8, 4) is 0 Å². The van der Waals surface area contributed by atoms with Gasteiger partial charge in [-0.25, -0.2) is 4.98 Å². The molecule has 1 heterocycles. The fourth-order valence-electron chi connectivity index (χ4n) is 2.34. The number of carbonyl (C=O) groups excluding carboxylic acids is 1. The Balaban J connectivity index is 2.38. The van der Waals surface area contributed by atoms with Crippen LogP contribution in [0.2, 0.25) is 0 Å². The van der Waals surface area contributed by atoms with Gasteiger partial charge in [-0.3, -0.25) is 4.79 Å². The lowest BCUT2D eigenvalue weighted by molar-refractivity contribution is -0.140. The maximum Gasteiger partial charge on any atom is 0.305 e. The predicted octanol–water partition coefficient (Wildman–Crippen LogP) is 4.06. The van der Waals surface area contributed by atoms with Crippen molar-refractivity contribution < 1.29 is 9.53 Å². The van der Waals surface area contributed by atoms with Gasteiger partial charge in [-0.2, -0.15) is 0 Å². The minimum absolute atomic E-state index is 0.139. The molecule has 0 spiro atoms. The molecular formula is C18H30N2O2. The first-order chi connectivity index (χ1) is 10.5. The van der Waals surface area contributed by atoms with E-state index in [9.17, 15) is 4.79 Å². The molecule has 0 saturated carbocycles. The molecule has 1 aromatic heterocycles. The summed E-state index contributed by atoms with van der Waals surface area (Å²) in [6.45, 7) is 7.60. The van der Waals surface area contributed by atoms with Gasteiger partial charge in [0, 0.05) is 18.7 Å². The van der Waals surface area contributed by atoms with Gasteiger partial charge in [0.15, 0.2) is 0 Å². The van der Waals surface area contributed by atoms with Crippen LogP contribution in [-0.2, 0) is 16.0 Å². The minimum atomic E-state index is -0.139. The summed E-state index contributed by atoms with van der Waals surface area (Å²) in [5, 5.41) is 3.39. The van der Waals surface area contributed by atoms with Crippen LogP contribution in [0.15, 0.2) is 18.2 Å². The zero-order valence-electron chi connectivity index (χ0n) is 14.4. The van der Waals surface area contributed by atoms with Crippen LogP contribution in [0.5, 0.6) is 0 Å². The molecule has 0 aromatic carbocycles. The molecule has 0 aliphatic carbocycles. The first-order valence-corrected chi connectivity index (χ1v) is 8.28. The third-order valence-corrected chi connectivity index (χ3v) is 3.70. The summed E-state index contributed by atoms with van der Waals surface area (Å²) < 4.78 is 4.68. The standard InChI is InChI=1S/C18H30N2O2/c1-14(2)7-6-12-19-17-9-5-8-16(20-17)13-15(3)10-11-18(21)22-4/h5,8-9,14-15H,6-7,10-13H2,1-4H3,(H,19,20). The van der Waals surface area contributed by atoms with E-state index in [-0.39, 0.29) is 5.97 Å². The molecule has 1 unspecified atom stereocenters. The second kappa shape index (κ2) is 10.2. The molecule has 0 radical (unpaired) electrons. The van der Waals surface area contributed by atoms with E-state index in [1.54, 1.807) is 0 Å². The molecule has 0 aliphatic rings. The lowest BCUT2D eigenvalue weighted by atomic mass is 9.99. The fourth-order valence-corrected chi connectivity index (χ4v) is 2.34. The van der Waals surface area contributed by atoms with E-state index in [1.807, 2.05) is 18.2 Å². The molecule has 1 atom stereocenters. The van der Waals surface area contributed by atoms with E-state index in [1.165, 1.54) is 20.0 Å². The Kier molecular flexibility index (Phi) is 8.56. The summed E-state index contributed by atoms with van der Waals surface area (Å²) in [6, 6.07) is 6.10. The number of ether oxygens (including phenoxy) is 1. The second-order valence-corrected chi connectivity index (χ2v) is 6.40. The maximum absolute atomic E-state index is 11.2. The van der Waals surface area contributed by atoms with Crippen molar-refractivity contribution in [2.24, 2.45) is 11.8 Å². The largest absolute Gasteiger partial charge is 0.469 e. The van der Waals surface area contributed by atoms with Gasteiger partial charge in [0.05, 0.1) is 7.11 Å². The van der Waals surface area contributed by atoms with Crippen LogP contribution in [0.1, 0.15) is 52.1 Å². The number of hydrogen-bond donors (Lipinski definition) is 1. The van der Waals surface area contributed by atoms with E-state index in [0.717, 1.165) is 36.8 Å². The van der Waals surface area contributed by atoms with Crippen LogP contribution < -0.4 is 5.32 Å². The summed E-state index contributed by atoms with van der Waals surface area (Å²) in [7, 11) is 1.43. The lowest BCUT2D eigenvalue weighted by Gasteiger charge is -2.12. The quantitative estimate of drug-likeness (QED) is 0.523. The Bertz CT molecular complexity index is 446. The molecule has 1 aromatic rings. The van der Waals surface area contributed by atoms with Crippen molar-refractivity contribution in [2.75, 3.05) is 19.0 Å². The van der Waals surface area contributed by atoms with Crippen molar-refractivity contribution in [3.63, 3.8) is 0 Å². The number of methoxy groups -OCH3 is 1. The van der Waals surface area contributed by atoms with Gasteiger partial charge in [-0.15, -0.1) is 0 Å². The van der Waals surface area contributed by atoms with Crippen LogP contribution in [0.4, 0.5) is 5.82 Å². The van der Waals surface area contributed by atoms with Crippen molar-refractivity contribution in [1.82, 2.24) is 4.98 Å². The van der Waals surface area contributed by atoms with Crippen LogP contribution >= 0.6 is 0 Å². The summed E-state index contributed by atoms with van der Waals surface area (Å²) in [5.41, 5.74) is 1.08. The first kappa shape index (κ1) is 18.5. The molecule has 0 aliphatic heterocycles. The first-order valence-electron chi connectivity index (χ1n) is 8.28. The van der Waals surface area contributed by atoms with E-state index >= 15 is 0 Å². The number of nitrogens with zero attached hydrogens (tertiary/aromatic N) is 1. The molecule has 0 saturated heterocycles. The van der Waals surface area contributed by atoms with Gasteiger partial charge >= 0.3 is 5.97 Å². The van der Waals surface area contributed by atoms with Gasteiger partial charge < -0.3 is 10.1 Å². The van der Waals surface area contributed by atoms with Gasteiger partial charge in [-0.05, 0) is 49.7 Å². The SMILES string of the molecule is COC(=O)CCC(C)Cc1cccc(NCCCC(C)C)n1. The number of anilines is 1. The van der Waals surface area contributed by atoms with Crippen molar-refractivity contribution >= 4 is 11.8 Å². The molecule has 1 N–H and O–H groups in total. The lowest BCUT2D eigenvalue weighted by Crippen LogP contribution is -2.09. The number of pyridine rings is 1. The monoisotopic (exact) mass is 306 g/mol. The average Bonchev–Trinajstić information content (AvgIpc) is 2.49. The number of rotatable bonds is 10. The zero-order valence-corrected chi connectivity index (χ0v) is 14.4. The molecule has 124 valence electrons. The van der Waals surface area contributed by atoms with E-state index < -0.39 is 0 Å². The predicted molar refractivity (Wildman–Crippen MR) is 90.9 cm³/mol. The molecule has 4 nitrogen and oxygen atoms in total. The van der Waals surface area contributed by atoms with E-state index in [4.69, 9.17) is 0 Å². The van der Waals surface area contributed by atoms with Gasteiger partial charge in [0.2, 0.25) is 0 Å². The van der Waals surface area contributed by atoms with Crippen molar-refractivity contribution in [3.05, 3.63) is 23.9 Å². The molecular weight excluding hydrogens is 276 g/mol. The van der Waals surface area contributed by atoms with Crippen LogP contribution in [0.3, 0.4) is 0 Å². The molecule has 0 bridgehead atoms. The number of hydrogen-bond acceptors (Lipinski definition) is 4.